The number of rotatable bonds is 6. The van der Waals surface area contributed by atoms with Crippen molar-refractivity contribution in [1.29, 1.82) is 0 Å². The third kappa shape index (κ3) is 7.34. The van der Waals surface area contributed by atoms with E-state index in [9.17, 15) is 0 Å². The minimum Gasteiger partial charge on any atom is -0.461 e. The van der Waals surface area contributed by atoms with E-state index >= 15 is 0 Å². The van der Waals surface area contributed by atoms with Crippen LogP contribution in [0.3, 0.4) is 0 Å². The Morgan fingerprint density at radius 2 is 2.27 bits per heavy atom. The number of hydrogen-bond acceptors (Lipinski definition) is 3. The molecule has 0 aliphatic heterocycles. The Hall–Kier alpha value is 2.26. The van der Waals surface area contributed by atoms with Gasteiger partial charge >= 0.3 is 29.5 Å². The molecule has 0 aromatic rings. The van der Waals surface area contributed by atoms with Gasteiger partial charge in [0.2, 0.25) is 0 Å². The Bertz CT molecular complexity index is 95.8. The highest BCUT2D eigenvalue weighted by molar-refractivity contribution is 8.22. The van der Waals surface area contributed by atoms with Crippen LogP contribution in [0.25, 0.3) is 0 Å². The fourth-order valence-corrected chi connectivity index (χ4v) is 11.2. The van der Waals surface area contributed by atoms with Gasteiger partial charge in [-0.25, -0.2) is 10.1 Å². The van der Waals surface area contributed by atoms with Gasteiger partial charge in [-0.2, -0.15) is 0 Å². The Labute approximate surface area is 99.5 Å². The van der Waals surface area contributed by atoms with Gasteiger partial charge in [0.25, 0.3) is 16.5 Å². The fourth-order valence-electron chi connectivity index (χ4n) is 0.638. The lowest BCUT2D eigenvalue weighted by Gasteiger charge is -2.24. The molecular formula is C5H16Al3NS2. The SMILES string of the molecule is CCC[S][AlH][N]([AlH2])C(C)[S][AlH2]. The standard InChI is InChI=1S/C3H8S.C2H5NS.3Al.5H/c1-2-3-4;1-2(3)4;;;;;;;;/h4H,2-3H2,1H3;2,4H,1H3;;;;;;;;/q;;;2*+1;;;;;/p-2. The van der Waals surface area contributed by atoms with Crippen molar-refractivity contribution in [3.05, 3.63) is 0 Å². The Morgan fingerprint density at radius 3 is 2.73 bits per heavy atom. The predicted molar refractivity (Wildman–Crippen MR) is 65.9 cm³/mol. The van der Waals surface area contributed by atoms with Crippen LogP contribution in [0, 0.1) is 0 Å². The average molecular weight is 235 g/mol. The third-order valence-corrected chi connectivity index (χ3v) is 12.9. The first-order valence-electron chi connectivity index (χ1n) is 4.03. The molecule has 0 saturated carbocycles. The average Bonchev–Trinajstić information content (AvgIpc) is 2.03. The lowest BCUT2D eigenvalue weighted by Crippen LogP contribution is -2.30. The first kappa shape index (κ1) is 13.3. The summed E-state index contributed by atoms with van der Waals surface area (Å²) in [6.07, 6.45) is 1.34. The van der Waals surface area contributed by atoms with Gasteiger partial charge in [0, 0.05) is 0 Å². The summed E-state index contributed by atoms with van der Waals surface area (Å²) in [5, 5.41) is 0.837. The molecule has 1 unspecified atom stereocenters. The van der Waals surface area contributed by atoms with Crippen molar-refractivity contribution < 1.29 is 0 Å². The van der Waals surface area contributed by atoms with Crippen molar-refractivity contribution in [2.45, 2.75) is 25.6 Å². The predicted octanol–water partition coefficient (Wildman–Crippen LogP) is -0.127. The molecule has 0 saturated heterocycles. The molecule has 0 rings (SSSR count). The molecule has 62 valence electrons. The normalized spacial score (nSPS) is 13.4. The van der Waals surface area contributed by atoms with Gasteiger partial charge in [-0.3, -0.25) is 10.1 Å². The van der Waals surface area contributed by atoms with Crippen molar-refractivity contribution in [2.24, 2.45) is 0 Å². The number of hydrogen-bond donors (Lipinski definition) is 0. The minimum absolute atomic E-state index is 0.0794. The van der Waals surface area contributed by atoms with Gasteiger partial charge in [0.1, 0.15) is 0 Å². The highest BCUT2D eigenvalue weighted by Gasteiger charge is 2.07. The molecule has 6 heteroatoms. The highest BCUT2D eigenvalue weighted by Crippen LogP contribution is 2.10. The second kappa shape index (κ2) is 8.84. The topological polar surface area (TPSA) is 3.24 Å². The zero-order valence-electron chi connectivity index (χ0n) is 7.96. The van der Waals surface area contributed by atoms with Crippen molar-refractivity contribution in [3.8, 4) is 0 Å². The van der Waals surface area contributed by atoms with Crippen LogP contribution in [0.4, 0.5) is 0 Å². The summed E-state index contributed by atoms with van der Waals surface area (Å²) in [7, 11) is 4.32. The van der Waals surface area contributed by atoms with Crippen molar-refractivity contribution in [2.75, 3.05) is 5.75 Å². The maximum atomic E-state index is 2.69. The van der Waals surface area contributed by atoms with Crippen LogP contribution < -0.4 is 0 Å². The zero-order valence-corrected chi connectivity index (χ0v) is 15.0. The van der Waals surface area contributed by atoms with Crippen molar-refractivity contribution in [3.63, 3.8) is 0 Å². The lowest BCUT2D eigenvalue weighted by molar-refractivity contribution is 0.692. The van der Waals surface area contributed by atoms with E-state index in [1.165, 1.54) is 43.8 Å². The quantitative estimate of drug-likeness (QED) is 0.359. The summed E-state index contributed by atoms with van der Waals surface area (Å²) < 4.78 is 2.69. The summed E-state index contributed by atoms with van der Waals surface area (Å²) in [6, 6.07) is 0. The second-order valence-corrected chi connectivity index (χ2v) is 11.7. The maximum absolute atomic E-state index is 2.69. The fraction of sp³-hybridized carbons (Fsp3) is 1.00. The minimum atomic E-state index is 0.0794. The maximum Gasteiger partial charge on any atom is 0.411 e. The zero-order chi connectivity index (χ0) is 8.69. The monoisotopic (exact) mass is 235 g/mol. The second-order valence-electron chi connectivity index (χ2n) is 2.63. The van der Waals surface area contributed by atoms with Crippen LogP contribution >= 0.6 is 20.3 Å². The van der Waals surface area contributed by atoms with Crippen molar-refractivity contribution >= 4 is 66.2 Å². The molecule has 0 heterocycles. The first-order chi connectivity index (χ1) is 5.22. The van der Waals surface area contributed by atoms with E-state index in [-0.39, 0.29) is 14.3 Å². The molecule has 0 aliphatic carbocycles. The van der Waals surface area contributed by atoms with E-state index in [1.54, 1.807) is 0 Å². The molecule has 0 radical (unpaired) electrons. The van der Waals surface area contributed by atoms with Crippen LogP contribution in [0.5, 0.6) is 0 Å². The molecule has 0 aromatic carbocycles. The van der Waals surface area contributed by atoms with Gasteiger partial charge < -0.3 is 2.87 Å². The lowest BCUT2D eigenvalue weighted by atomic mass is 10.6. The first-order valence-corrected chi connectivity index (χ1v) is 12.2. The Kier molecular flexibility index (Phi) is 10.7. The van der Waals surface area contributed by atoms with E-state index in [1.807, 2.05) is 0 Å². The van der Waals surface area contributed by atoms with E-state index in [2.05, 4.69) is 37.0 Å². The van der Waals surface area contributed by atoms with Gasteiger partial charge in [-0.05, 0) is 24.5 Å². The van der Waals surface area contributed by atoms with Gasteiger partial charge in [0.05, 0.1) is 0 Å². The summed E-state index contributed by atoms with van der Waals surface area (Å²) in [5.41, 5.74) is 0. The molecule has 0 aliphatic rings. The van der Waals surface area contributed by atoms with Crippen LogP contribution in [-0.2, 0) is 0 Å². The molecule has 11 heavy (non-hydrogen) atoms. The summed E-state index contributed by atoms with van der Waals surface area (Å²) in [5.74, 6) is 1.38. The third-order valence-electron chi connectivity index (χ3n) is 1.61. The Balaban J connectivity index is 3.28. The van der Waals surface area contributed by atoms with E-state index in [0.717, 1.165) is 5.37 Å². The summed E-state index contributed by atoms with van der Waals surface area (Å²) >= 11 is 2.64. The molecule has 0 N–H and O–H groups in total. The molecule has 0 spiro atoms. The molecule has 1 atom stereocenters. The molecule has 1 nitrogen and oxygen atoms in total. The molecule has 0 aromatic heterocycles. The smallest absolute Gasteiger partial charge is 0.411 e. The van der Waals surface area contributed by atoms with Crippen LogP contribution in [0.15, 0.2) is 0 Å². The Morgan fingerprint density at radius 1 is 1.64 bits per heavy atom. The molecule has 0 fully saturated rings. The molecular weight excluding hydrogens is 219 g/mol. The molecule has 0 amide bonds. The van der Waals surface area contributed by atoms with Gasteiger partial charge in [0.15, 0.2) is 0 Å². The number of nitrogens with zero attached hydrogens (tertiary/aromatic N) is 1. The van der Waals surface area contributed by atoms with Crippen LogP contribution in [-0.4, -0.2) is 60.0 Å². The van der Waals surface area contributed by atoms with E-state index < -0.39 is 0 Å². The van der Waals surface area contributed by atoms with Crippen LogP contribution in [0.2, 0.25) is 0 Å². The van der Waals surface area contributed by atoms with Crippen LogP contribution in [0.1, 0.15) is 20.3 Å². The van der Waals surface area contributed by atoms with E-state index in [4.69, 9.17) is 0 Å². The highest BCUT2D eigenvalue weighted by atomic mass is 32.3. The van der Waals surface area contributed by atoms with Crippen molar-refractivity contribution in [1.82, 2.24) is 2.87 Å². The van der Waals surface area contributed by atoms with Gasteiger partial charge in [-0.1, -0.05) is 6.92 Å². The summed E-state index contributed by atoms with van der Waals surface area (Å²) in [6.45, 7) is 4.62. The van der Waals surface area contributed by atoms with Gasteiger partial charge in [-0.15, -0.1) is 0 Å². The largest absolute Gasteiger partial charge is 0.461 e. The molecule has 0 bridgehead atoms. The van der Waals surface area contributed by atoms with E-state index in [0.29, 0.717) is 0 Å². The summed E-state index contributed by atoms with van der Waals surface area (Å²) in [4.78, 5) is 0.